The minimum absolute atomic E-state index is 0.0540. The third kappa shape index (κ3) is 2.41. The fraction of sp³-hybridized carbons (Fsp3) is 0.667. The molecule has 1 fully saturated rings. The normalized spacial score (nSPS) is 19.9. The van der Waals surface area contributed by atoms with Gasteiger partial charge in [0, 0.05) is 20.1 Å². The number of nitrogens with zero attached hydrogens (tertiary/aromatic N) is 3. The van der Waals surface area contributed by atoms with Crippen LogP contribution in [0.5, 0.6) is 0 Å². The molecule has 90 valence electrons. The molecule has 1 heterocycles. The van der Waals surface area contributed by atoms with Crippen LogP contribution >= 0.6 is 0 Å². The van der Waals surface area contributed by atoms with Crippen molar-refractivity contribution in [3.63, 3.8) is 0 Å². The van der Waals surface area contributed by atoms with Crippen LogP contribution in [0.25, 0.3) is 0 Å². The first kappa shape index (κ1) is 12.3. The molecule has 1 rings (SSSR count). The van der Waals surface area contributed by atoms with E-state index in [0.717, 1.165) is 0 Å². The highest BCUT2D eigenvalue weighted by Crippen LogP contribution is 2.07. The SMILES string of the molecule is CC(C(=O)N1CCN(C)C(=O)C1)C(N)=NO. The van der Waals surface area contributed by atoms with Gasteiger partial charge in [0.2, 0.25) is 11.8 Å². The number of hydrogen-bond donors (Lipinski definition) is 2. The minimum atomic E-state index is -0.707. The van der Waals surface area contributed by atoms with Crippen molar-refractivity contribution in [2.45, 2.75) is 6.92 Å². The topological polar surface area (TPSA) is 99.2 Å². The van der Waals surface area contributed by atoms with Crippen LogP contribution in [0, 0.1) is 5.92 Å². The molecule has 1 aliphatic rings. The third-order valence-electron chi connectivity index (χ3n) is 2.70. The monoisotopic (exact) mass is 228 g/mol. The number of nitrogens with two attached hydrogens (primary N) is 1. The van der Waals surface area contributed by atoms with E-state index in [1.54, 1.807) is 18.9 Å². The molecule has 1 atom stereocenters. The molecular formula is C9H16N4O3. The molecular weight excluding hydrogens is 212 g/mol. The van der Waals surface area contributed by atoms with Crippen LogP contribution in [0.1, 0.15) is 6.92 Å². The summed E-state index contributed by atoms with van der Waals surface area (Å²) in [6.45, 7) is 2.58. The van der Waals surface area contributed by atoms with Gasteiger partial charge in [0.05, 0.1) is 12.5 Å². The molecule has 2 amide bonds. The van der Waals surface area contributed by atoms with E-state index in [-0.39, 0.29) is 24.2 Å². The number of carbonyl (C=O) groups excluding carboxylic acids is 2. The van der Waals surface area contributed by atoms with Gasteiger partial charge in [0.15, 0.2) is 5.84 Å². The Bertz CT molecular complexity index is 329. The number of carbonyl (C=O) groups is 2. The lowest BCUT2D eigenvalue weighted by Gasteiger charge is -2.33. The van der Waals surface area contributed by atoms with E-state index in [4.69, 9.17) is 10.9 Å². The van der Waals surface area contributed by atoms with E-state index in [0.29, 0.717) is 13.1 Å². The number of piperazine rings is 1. The maximum atomic E-state index is 11.8. The van der Waals surface area contributed by atoms with Gasteiger partial charge in [-0.25, -0.2) is 0 Å². The van der Waals surface area contributed by atoms with Gasteiger partial charge >= 0.3 is 0 Å². The summed E-state index contributed by atoms with van der Waals surface area (Å²) < 4.78 is 0. The Kier molecular flexibility index (Phi) is 3.70. The summed E-state index contributed by atoms with van der Waals surface area (Å²) in [7, 11) is 1.69. The second kappa shape index (κ2) is 4.82. The second-order valence-corrected chi connectivity index (χ2v) is 3.82. The van der Waals surface area contributed by atoms with Crippen molar-refractivity contribution in [2.24, 2.45) is 16.8 Å². The van der Waals surface area contributed by atoms with Gasteiger partial charge < -0.3 is 20.7 Å². The van der Waals surface area contributed by atoms with Crippen LogP contribution in [0.3, 0.4) is 0 Å². The Labute approximate surface area is 93.5 Å². The molecule has 0 aromatic carbocycles. The van der Waals surface area contributed by atoms with E-state index < -0.39 is 5.92 Å². The minimum Gasteiger partial charge on any atom is -0.409 e. The van der Waals surface area contributed by atoms with E-state index >= 15 is 0 Å². The van der Waals surface area contributed by atoms with Gasteiger partial charge in [-0.15, -0.1) is 0 Å². The highest BCUT2D eigenvalue weighted by molar-refractivity contribution is 6.02. The van der Waals surface area contributed by atoms with E-state index in [9.17, 15) is 9.59 Å². The average molecular weight is 228 g/mol. The predicted octanol–water partition coefficient (Wildman–Crippen LogP) is -1.33. The number of hydrogen-bond acceptors (Lipinski definition) is 4. The molecule has 1 unspecified atom stereocenters. The van der Waals surface area contributed by atoms with Crippen molar-refractivity contribution >= 4 is 17.6 Å². The molecule has 0 aromatic heterocycles. The lowest BCUT2D eigenvalue weighted by molar-refractivity contribution is -0.145. The molecule has 3 N–H and O–H groups in total. The van der Waals surface area contributed by atoms with Crippen molar-refractivity contribution in [3.05, 3.63) is 0 Å². The van der Waals surface area contributed by atoms with E-state index in [1.807, 2.05) is 0 Å². The van der Waals surface area contributed by atoms with Crippen LogP contribution in [-0.2, 0) is 9.59 Å². The standard InChI is InChI=1S/C9H16N4O3/c1-6(8(10)11-16)9(15)13-4-3-12(2)7(14)5-13/h6,16H,3-5H2,1-2H3,(H2,10,11). The number of likely N-dealkylation sites (N-methyl/N-ethyl adjacent to an activating group) is 1. The van der Waals surface area contributed by atoms with Gasteiger partial charge in [-0.3, -0.25) is 9.59 Å². The summed E-state index contributed by atoms with van der Waals surface area (Å²) in [5, 5.41) is 11.3. The largest absolute Gasteiger partial charge is 0.409 e. The molecule has 7 heteroatoms. The first-order valence-corrected chi connectivity index (χ1v) is 4.97. The zero-order valence-corrected chi connectivity index (χ0v) is 9.38. The van der Waals surface area contributed by atoms with Gasteiger partial charge in [-0.1, -0.05) is 5.16 Å². The van der Waals surface area contributed by atoms with Gasteiger partial charge in [0.25, 0.3) is 0 Å². The maximum absolute atomic E-state index is 11.8. The molecule has 16 heavy (non-hydrogen) atoms. The molecule has 0 spiro atoms. The Morgan fingerprint density at radius 2 is 2.19 bits per heavy atom. The van der Waals surface area contributed by atoms with Gasteiger partial charge in [-0.2, -0.15) is 0 Å². The molecule has 1 aliphatic heterocycles. The highest BCUT2D eigenvalue weighted by Gasteiger charge is 2.29. The van der Waals surface area contributed by atoms with E-state index in [2.05, 4.69) is 5.16 Å². The summed E-state index contributed by atoms with van der Waals surface area (Å²) in [5.41, 5.74) is 5.34. The summed E-state index contributed by atoms with van der Waals surface area (Å²) in [6.07, 6.45) is 0. The van der Waals surface area contributed by atoms with Gasteiger partial charge in [-0.05, 0) is 6.92 Å². The number of oxime groups is 1. The summed E-state index contributed by atoms with van der Waals surface area (Å²) >= 11 is 0. The average Bonchev–Trinajstić information content (AvgIpc) is 2.29. The summed E-state index contributed by atoms with van der Waals surface area (Å²) in [6, 6.07) is 0. The fourth-order valence-corrected chi connectivity index (χ4v) is 1.43. The summed E-state index contributed by atoms with van der Waals surface area (Å²) in [4.78, 5) is 26.2. The van der Waals surface area contributed by atoms with Crippen LogP contribution in [-0.4, -0.2) is 59.3 Å². The lowest BCUT2D eigenvalue weighted by atomic mass is 10.1. The number of amides is 2. The van der Waals surface area contributed by atoms with Crippen LogP contribution < -0.4 is 5.73 Å². The molecule has 0 aliphatic carbocycles. The lowest BCUT2D eigenvalue weighted by Crippen LogP contribution is -2.53. The zero-order valence-electron chi connectivity index (χ0n) is 9.38. The molecule has 0 saturated carbocycles. The Hall–Kier alpha value is -1.79. The van der Waals surface area contributed by atoms with Crippen molar-refractivity contribution in [1.82, 2.24) is 9.80 Å². The van der Waals surface area contributed by atoms with Crippen LogP contribution in [0.4, 0.5) is 0 Å². The first-order chi connectivity index (χ1) is 7.47. The van der Waals surface area contributed by atoms with Crippen molar-refractivity contribution < 1.29 is 14.8 Å². The Balaban J connectivity index is 2.65. The van der Waals surface area contributed by atoms with Crippen LogP contribution in [0.2, 0.25) is 0 Å². The molecule has 0 bridgehead atoms. The van der Waals surface area contributed by atoms with Crippen molar-refractivity contribution in [2.75, 3.05) is 26.7 Å². The summed E-state index contributed by atoms with van der Waals surface area (Å²) in [5.74, 6) is -1.25. The van der Waals surface area contributed by atoms with Crippen molar-refractivity contribution in [3.8, 4) is 0 Å². The smallest absolute Gasteiger partial charge is 0.241 e. The molecule has 7 nitrogen and oxygen atoms in total. The zero-order chi connectivity index (χ0) is 12.3. The first-order valence-electron chi connectivity index (χ1n) is 4.97. The van der Waals surface area contributed by atoms with Gasteiger partial charge in [0.1, 0.15) is 0 Å². The molecule has 0 aromatic rings. The number of rotatable bonds is 2. The Morgan fingerprint density at radius 3 is 2.69 bits per heavy atom. The third-order valence-corrected chi connectivity index (χ3v) is 2.70. The maximum Gasteiger partial charge on any atom is 0.241 e. The predicted molar refractivity (Wildman–Crippen MR) is 56.8 cm³/mol. The molecule has 0 radical (unpaired) electrons. The fourth-order valence-electron chi connectivity index (χ4n) is 1.43. The van der Waals surface area contributed by atoms with Crippen molar-refractivity contribution in [1.29, 1.82) is 0 Å². The van der Waals surface area contributed by atoms with Crippen LogP contribution in [0.15, 0.2) is 5.16 Å². The molecule has 1 saturated heterocycles. The van der Waals surface area contributed by atoms with E-state index in [1.165, 1.54) is 4.90 Å². The quantitative estimate of drug-likeness (QED) is 0.265. The Morgan fingerprint density at radius 1 is 1.56 bits per heavy atom. The number of amidine groups is 1. The highest BCUT2D eigenvalue weighted by atomic mass is 16.4. The second-order valence-electron chi connectivity index (χ2n) is 3.82.